The third kappa shape index (κ3) is 7.86. The molecule has 2 aromatic carbocycles. The number of hydrogen-bond donors (Lipinski definition) is 1. The Labute approximate surface area is 201 Å². The van der Waals surface area contributed by atoms with Crippen molar-refractivity contribution in [3.05, 3.63) is 70.7 Å². The molecule has 3 rings (SSSR count). The average Bonchev–Trinajstić information content (AvgIpc) is 2.82. The van der Waals surface area contributed by atoms with Crippen LogP contribution in [-0.4, -0.2) is 34.6 Å². The Balaban J connectivity index is 1.59. The summed E-state index contributed by atoms with van der Waals surface area (Å²) in [7, 11) is 0. The molecule has 6 heteroatoms. The zero-order valence-corrected chi connectivity index (χ0v) is 20.3. The van der Waals surface area contributed by atoms with Gasteiger partial charge in [0.1, 0.15) is 6.04 Å². The molecule has 0 bridgehead atoms. The van der Waals surface area contributed by atoms with Gasteiger partial charge in [0.2, 0.25) is 11.8 Å². The number of rotatable bonds is 10. The molecule has 172 valence electrons. The van der Waals surface area contributed by atoms with Crippen molar-refractivity contribution in [2.75, 3.05) is 5.75 Å². The molecule has 2 aromatic rings. The van der Waals surface area contributed by atoms with Crippen molar-refractivity contribution in [1.29, 1.82) is 0 Å². The van der Waals surface area contributed by atoms with Gasteiger partial charge in [-0.25, -0.2) is 0 Å². The van der Waals surface area contributed by atoms with Crippen LogP contribution in [0.3, 0.4) is 0 Å². The third-order valence-electron chi connectivity index (χ3n) is 5.96. The van der Waals surface area contributed by atoms with E-state index in [1.807, 2.05) is 49.4 Å². The fourth-order valence-electron chi connectivity index (χ4n) is 4.01. The van der Waals surface area contributed by atoms with E-state index in [0.717, 1.165) is 42.8 Å². The predicted molar refractivity (Wildman–Crippen MR) is 134 cm³/mol. The molecule has 1 aliphatic rings. The zero-order chi connectivity index (χ0) is 22.8. The monoisotopic (exact) mass is 472 g/mol. The number of hydrogen-bond acceptors (Lipinski definition) is 3. The first kappa shape index (κ1) is 24.7. The minimum atomic E-state index is -0.515. The highest BCUT2D eigenvalue weighted by atomic mass is 35.5. The smallest absolute Gasteiger partial charge is 0.242 e. The SMILES string of the molecule is C[C@H](C(=O)NC1CCCCC1)N(Cc1ccc(Cl)cc1)C(=O)CCSCc1ccccc1. The third-order valence-corrected chi connectivity index (χ3v) is 7.24. The van der Waals surface area contributed by atoms with Crippen LogP contribution in [0.5, 0.6) is 0 Å². The number of benzene rings is 2. The molecule has 0 aromatic heterocycles. The molecular formula is C26H33ClN2O2S. The van der Waals surface area contributed by atoms with Crippen molar-refractivity contribution in [1.82, 2.24) is 10.2 Å². The van der Waals surface area contributed by atoms with E-state index in [-0.39, 0.29) is 17.9 Å². The van der Waals surface area contributed by atoms with Gasteiger partial charge in [0, 0.05) is 35.5 Å². The molecule has 1 atom stereocenters. The summed E-state index contributed by atoms with van der Waals surface area (Å²) >= 11 is 7.76. The molecule has 0 unspecified atom stereocenters. The second-order valence-corrected chi connectivity index (χ2v) is 10.00. The van der Waals surface area contributed by atoms with Gasteiger partial charge in [-0.15, -0.1) is 0 Å². The van der Waals surface area contributed by atoms with Crippen LogP contribution >= 0.6 is 23.4 Å². The highest BCUT2D eigenvalue weighted by molar-refractivity contribution is 7.98. The minimum Gasteiger partial charge on any atom is -0.352 e. The van der Waals surface area contributed by atoms with Crippen LogP contribution in [0.25, 0.3) is 0 Å². The number of thioether (sulfide) groups is 1. The number of halogens is 1. The Morgan fingerprint density at radius 3 is 2.41 bits per heavy atom. The van der Waals surface area contributed by atoms with Gasteiger partial charge in [0.05, 0.1) is 0 Å². The van der Waals surface area contributed by atoms with Gasteiger partial charge in [-0.2, -0.15) is 11.8 Å². The molecular weight excluding hydrogens is 440 g/mol. The maximum absolute atomic E-state index is 13.2. The van der Waals surface area contributed by atoms with E-state index < -0.39 is 6.04 Å². The molecule has 2 amide bonds. The van der Waals surface area contributed by atoms with E-state index in [2.05, 4.69) is 17.4 Å². The lowest BCUT2D eigenvalue weighted by atomic mass is 9.95. The number of amides is 2. The molecule has 1 saturated carbocycles. The molecule has 0 heterocycles. The number of carbonyl (C=O) groups is 2. The Morgan fingerprint density at radius 1 is 1.03 bits per heavy atom. The van der Waals surface area contributed by atoms with E-state index >= 15 is 0 Å². The van der Waals surface area contributed by atoms with Crippen LogP contribution < -0.4 is 5.32 Å². The van der Waals surface area contributed by atoms with E-state index in [1.54, 1.807) is 16.7 Å². The summed E-state index contributed by atoms with van der Waals surface area (Å²) in [4.78, 5) is 27.9. The Hall–Kier alpha value is -1.98. The molecule has 0 aliphatic heterocycles. The van der Waals surface area contributed by atoms with Gasteiger partial charge >= 0.3 is 0 Å². The van der Waals surface area contributed by atoms with Crippen LogP contribution in [0.2, 0.25) is 5.02 Å². The standard InChI is InChI=1S/C26H33ClN2O2S/c1-20(26(31)28-24-10-6-3-7-11-24)29(18-21-12-14-23(27)15-13-21)25(30)16-17-32-19-22-8-4-2-5-9-22/h2,4-5,8-9,12-15,20,24H,3,6-7,10-11,16-19H2,1H3,(H,28,31)/t20-/m1/s1. The normalized spacial score (nSPS) is 15.2. The lowest BCUT2D eigenvalue weighted by molar-refractivity contribution is -0.140. The largest absolute Gasteiger partial charge is 0.352 e. The topological polar surface area (TPSA) is 49.4 Å². The maximum atomic E-state index is 13.2. The van der Waals surface area contributed by atoms with Gasteiger partial charge in [0.15, 0.2) is 0 Å². The Morgan fingerprint density at radius 2 is 1.72 bits per heavy atom. The van der Waals surface area contributed by atoms with Crippen molar-refractivity contribution in [2.24, 2.45) is 0 Å². The first-order valence-corrected chi connectivity index (χ1v) is 13.0. The first-order chi connectivity index (χ1) is 15.5. The van der Waals surface area contributed by atoms with E-state index in [1.165, 1.54) is 12.0 Å². The Kier molecular flexibility index (Phi) is 9.94. The highest BCUT2D eigenvalue weighted by Gasteiger charge is 2.27. The summed E-state index contributed by atoms with van der Waals surface area (Å²) in [5.74, 6) is 1.55. The summed E-state index contributed by atoms with van der Waals surface area (Å²) in [6.45, 7) is 2.24. The molecule has 4 nitrogen and oxygen atoms in total. The summed E-state index contributed by atoms with van der Waals surface area (Å²) < 4.78 is 0. The average molecular weight is 473 g/mol. The molecule has 32 heavy (non-hydrogen) atoms. The van der Waals surface area contributed by atoms with Crippen LogP contribution in [0.4, 0.5) is 0 Å². The first-order valence-electron chi connectivity index (χ1n) is 11.5. The van der Waals surface area contributed by atoms with Crippen molar-refractivity contribution >= 4 is 35.2 Å². The van der Waals surface area contributed by atoms with E-state index in [0.29, 0.717) is 18.0 Å². The highest BCUT2D eigenvalue weighted by Crippen LogP contribution is 2.20. The van der Waals surface area contributed by atoms with Crippen molar-refractivity contribution in [3.8, 4) is 0 Å². The molecule has 1 N–H and O–H groups in total. The molecule has 1 aliphatic carbocycles. The molecule has 0 saturated heterocycles. The van der Waals surface area contributed by atoms with Gasteiger partial charge in [-0.3, -0.25) is 9.59 Å². The fourth-order valence-corrected chi connectivity index (χ4v) is 5.02. The van der Waals surface area contributed by atoms with Gasteiger partial charge in [-0.05, 0) is 43.0 Å². The Bertz CT molecular complexity index is 854. The lowest BCUT2D eigenvalue weighted by Gasteiger charge is -2.31. The van der Waals surface area contributed by atoms with E-state index in [9.17, 15) is 9.59 Å². The van der Waals surface area contributed by atoms with Gasteiger partial charge in [0.25, 0.3) is 0 Å². The van der Waals surface area contributed by atoms with Gasteiger partial charge in [-0.1, -0.05) is 73.3 Å². The van der Waals surface area contributed by atoms with Crippen LogP contribution in [0, 0.1) is 0 Å². The second-order valence-electron chi connectivity index (χ2n) is 8.46. The fraction of sp³-hybridized carbons (Fsp3) is 0.462. The van der Waals surface area contributed by atoms with Crippen molar-refractivity contribution < 1.29 is 9.59 Å². The summed E-state index contributed by atoms with van der Waals surface area (Å²) in [5, 5.41) is 3.84. The minimum absolute atomic E-state index is 0.00630. The summed E-state index contributed by atoms with van der Waals surface area (Å²) in [6.07, 6.45) is 6.02. The molecule has 1 fully saturated rings. The van der Waals surface area contributed by atoms with Crippen LogP contribution in [0.1, 0.15) is 56.6 Å². The van der Waals surface area contributed by atoms with Crippen LogP contribution in [-0.2, 0) is 21.9 Å². The van der Waals surface area contributed by atoms with Crippen LogP contribution in [0.15, 0.2) is 54.6 Å². The lowest BCUT2D eigenvalue weighted by Crippen LogP contribution is -2.50. The number of nitrogens with one attached hydrogen (secondary N) is 1. The summed E-state index contributed by atoms with van der Waals surface area (Å²) in [6, 6.07) is 17.4. The maximum Gasteiger partial charge on any atom is 0.242 e. The number of nitrogens with zero attached hydrogens (tertiary/aromatic N) is 1. The molecule has 0 radical (unpaired) electrons. The molecule has 0 spiro atoms. The van der Waals surface area contributed by atoms with Crippen molar-refractivity contribution in [2.45, 2.75) is 69.8 Å². The van der Waals surface area contributed by atoms with E-state index in [4.69, 9.17) is 11.6 Å². The van der Waals surface area contributed by atoms with Crippen molar-refractivity contribution in [3.63, 3.8) is 0 Å². The number of carbonyl (C=O) groups excluding carboxylic acids is 2. The summed E-state index contributed by atoms with van der Waals surface area (Å²) in [5.41, 5.74) is 2.22. The zero-order valence-electron chi connectivity index (χ0n) is 18.8. The second kappa shape index (κ2) is 12.9. The van der Waals surface area contributed by atoms with Gasteiger partial charge < -0.3 is 10.2 Å². The predicted octanol–water partition coefficient (Wildman–Crippen LogP) is 5.83. The quantitative estimate of drug-likeness (QED) is 0.442.